The summed E-state index contributed by atoms with van der Waals surface area (Å²) in [5, 5.41) is 7.76. The number of nitrogens with zero attached hydrogens (tertiary/aromatic N) is 1. The number of hydrogen-bond donors (Lipinski definition) is 1. The van der Waals surface area contributed by atoms with Crippen molar-refractivity contribution < 1.29 is 19.0 Å². The van der Waals surface area contributed by atoms with E-state index in [0.717, 1.165) is 47.8 Å². The second-order valence-corrected chi connectivity index (χ2v) is 8.41. The molecule has 5 rings (SSSR count). The topological polar surface area (TPSA) is 60.0 Å². The molecule has 6 heteroatoms. The van der Waals surface area contributed by atoms with Crippen molar-refractivity contribution >= 4 is 27.5 Å². The zero-order valence-corrected chi connectivity index (χ0v) is 18.5. The van der Waals surface area contributed by atoms with Gasteiger partial charge in [0.15, 0.2) is 11.5 Å². The van der Waals surface area contributed by atoms with Gasteiger partial charge in [0.2, 0.25) is 5.91 Å². The molecule has 1 amide bonds. The van der Waals surface area contributed by atoms with Gasteiger partial charge in [-0.25, -0.2) is 0 Å². The summed E-state index contributed by atoms with van der Waals surface area (Å²) in [5.74, 6) is 2.19. The van der Waals surface area contributed by atoms with Crippen molar-refractivity contribution in [2.45, 2.75) is 38.4 Å². The lowest BCUT2D eigenvalue weighted by Gasteiger charge is -2.40. The Morgan fingerprint density at radius 3 is 2.35 bits per heavy atom. The summed E-state index contributed by atoms with van der Waals surface area (Å²) >= 11 is 0. The molecule has 0 radical (unpaired) electrons. The summed E-state index contributed by atoms with van der Waals surface area (Å²) in [6.45, 7) is 3.54. The molecule has 2 aliphatic heterocycles. The van der Waals surface area contributed by atoms with Crippen LogP contribution in [0.4, 0.5) is 0 Å². The van der Waals surface area contributed by atoms with E-state index in [0.29, 0.717) is 17.5 Å². The molecule has 2 atom stereocenters. The number of nitrogens with one attached hydrogen (secondary N) is 1. The van der Waals surface area contributed by atoms with Crippen LogP contribution in [-0.4, -0.2) is 44.7 Å². The van der Waals surface area contributed by atoms with Crippen LogP contribution >= 0.6 is 0 Å². The van der Waals surface area contributed by atoms with E-state index in [2.05, 4.69) is 28.4 Å². The van der Waals surface area contributed by atoms with Crippen molar-refractivity contribution in [2.24, 2.45) is 0 Å². The number of carbonyl (C=O) groups is 1. The van der Waals surface area contributed by atoms with E-state index in [1.54, 1.807) is 28.3 Å². The van der Waals surface area contributed by atoms with E-state index < -0.39 is 0 Å². The number of hydrogen-bond acceptors (Lipinski definition) is 5. The van der Waals surface area contributed by atoms with E-state index >= 15 is 0 Å². The van der Waals surface area contributed by atoms with Crippen LogP contribution in [0.25, 0.3) is 21.5 Å². The highest BCUT2D eigenvalue weighted by Gasteiger charge is 2.40. The van der Waals surface area contributed by atoms with Gasteiger partial charge in [-0.1, -0.05) is 6.07 Å². The van der Waals surface area contributed by atoms with Crippen molar-refractivity contribution in [3.05, 3.63) is 41.5 Å². The first-order valence-corrected chi connectivity index (χ1v) is 10.7. The third-order valence-corrected chi connectivity index (χ3v) is 6.81. The lowest BCUT2D eigenvalue weighted by atomic mass is 9.82. The van der Waals surface area contributed by atoms with Gasteiger partial charge in [0.1, 0.15) is 5.75 Å². The van der Waals surface area contributed by atoms with Crippen LogP contribution in [0.3, 0.4) is 0 Å². The van der Waals surface area contributed by atoms with Gasteiger partial charge in [-0.3, -0.25) is 9.69 Å². The first kappa shape index (κ1) is 19.9. The molecule has 1 N–H and O–H groups in total. The van der Waals surface area contributed by atoms with Gasteiger partial charge in [0.05, 0.1) is 27.4 Å². The summed E-state index contributed by atoms with van der Waals surface area (Å²) in [6.07, 6.45) is 2.23. The monoisotopic (exact) mass is 420 g/mol. The normalized spacial score (nSPS) is 20.4. The lowest BCUT2D eigenvalue weighted by molar-refractivity contribution is -0.120. The Labute approximate surface area is 182 Å². The third-order valence-electron chi connectivity index (χ3n) is 6.81. The van der Waals surface area contributed by atoms with Crippen molar-refractivity contribution in [3.63, 3.8) is 0 Å². The highest BCUT2D eigenvalue weighted by Crippen LogP contribution is 2.47. The van der Waals surface area contributed by atoms with Gasteiger partial charge in [-0.05, 0) is 76.3 Å². The number of benzene rings is 3. The SMILES string of the molecule is COc1ccc2c3c(c4cc(OC)c(OC)cc4c2c1)[C@H](NC(C)=O)[C@@H]1CCCN1C3. The Morgan fingerprint density at radius 1 is 0.968 bits per heavy atom. The van der Waals surface area contributed by atoms with E-state index in [4.69, 9.17) is 14.2 Å². The van der Waals surface area contributed by atoms with Crippen LogP contribution in [0.1, 0.15) is 36.9 Å². The summed E-state index contributed by atoms with van der Waals surface area (Å²) in [7, 11) is 5.00. The summed E-state index contributed by atoms with van der Waals surface area (Å²) in [5.41, 5.74) is 2.47. The molecule has 3 aromatic rings. The van der Waals surface area contributed by atoms with Crippen molar-refractivity contribution in [2.75, 3.05) is 27.9 Å². The molecule has 0 spiro atoms. The number of rotatable bonds is 4. The third kappa shape index (κ3) is 3.08. The zero-order chi connectivity index (χ0) is 21.7. The molecule has 1 fully saturated rings. The summed E-state index contributed by atoms with van der Waals surface area (Å²) in [6, 6.07) is 10.6. The minimum absolute atomic E-state index is 0.00634. The first-order valence-electron chi connectivity index (χ1n) is 10.7. The fourth-order valence-corrected chi connectivity index (χ4v) is 5.50. The Hall–Kier alpha value is -2.99. The molecular formula is C25H28N2O4. The van der Waals surface area contributed by atoms with Gasteiger partial charge >= 0.3 is 0 Å². The molecule has 2 heterocycles. The van der Waals surface area contributed by atoms with Gasteiger partial charge in [0, 0.05) is 19.5 Å². The van der Waals surface area contributed by atoms with Gasteiger partial charge in [-0.2, -0.15) is 0 Å². The zero-order valence-electron chi connectivity index (χ0n) is 18.5. The standard InChI is InChI=1S/C25H28N2O4/c1-14(28)26-25-21-6-5-9-27(21)13-20-16-8-7-15(29-2)10-17(16)18-11-22(30-3)23(31-4)12-19(18)24(20)25/h7-8,10-12,21,25H,5-6,9,13H2,1-4H3,(H,26,28)/t21-,25+/m0/s1. The van der Waals surface area contributed by atoms with E-state index in [9.17, 15) is 4.79 Å². The molecule has 0 saturated carbocycles. The number of ether oxygens (including phenoxy) is 3. The lowest BCUT2D eigenvalue weighted by Crippen LogP contribution is -2.46. The predicted octanol–water partition coefficient (Wildman–Crippen LogP) is 4.17. The molecular weight excluding hydrogens is 392 g/mol. The molecule has 31 heavy (non-hydrogen) atoms. The van der Waals surface area contributed by atoms with Gasteiger partial charge < -0.3 is 19.5 Å². The Balaban J connectivity index is 1.91. The highest BCUT2D eigenvalue weighted by molar-refractivity contribution is 6.12. The van der Waals surface area contributed by atoms with Gasteiger partial charge in [-0.15, -0.1) is 0 Å². The number of fused-ring (bicyclic) bond motifs is 7. The smallest absolute Gasteiger partial charge is 0.217 e. The van der Waals surface area contributed by atoms with Crippen LogP contribution in [0, 0.1) is 0 Å². The van der Waals surface area contributed by atoms with E-state index in [1.165, 1.54) is 16.5 Å². The van der Waals surface area contributed by atoms with Crippen LogP contribution in [0.2, 0.25) is 0 Å². The first-order chi connectivity index (χ1) is 15.0. The molecule has 0 aromatic heterocycles. The molecule has 3 aromatic carbocycles. The van der Waals surface area contributed by atoms with Crippen LogP contribution in [-0.2, 0) is 11.3 Å². The molecule has 0 bridgehead atoms. The second kappa shape index (κ2) is 7.61. The molecule has 0 aliphatic carbocycles. The maximum atomic E-state index is 12.2. The Kier molecular flexibility index (Phi) is 4.89. The molecule has 6 nitrogen and oxygen atoms in total. The maximum Gasteiger partial charge on any atom is 0.217 e. The molecule has 1 saturated heterocycles. The Bertz CT molecular complexity index is 1190. The summed E-state index contributed by atoms with van der Waals surface area (Å²) < 4.78 is 16.8. The molecule has 2 aliphatic rings. The quantitative estimate of drug-likeness (QED) is 0.642. The van der Waals surface area contributed by atoms with Crippen LogP contribution in [0.5, 0.6) is 17.2 Å². The Morgan fingerprint density at radius 2 is 1.68 bits per heavy atom. The van der Waals surface area contributed by atoms with Gasteiger partial charge in [0.25, 0.3) is 0 Å². The number of methoxy groups -OCH3 is 3. The van der Waals surface area contributed by atoms with E-state index in [1.807, 2.05) is 12.1 Å². The summed E-state index contributed by atoms with van der Waals surface area (Å²) in [4.78, 5) is 14.7. The predicted molar refractivity (Wildman–Crippen MR) is 121 cm³/mol. The van der Waals surface area contributed by atoms with Crippen LogP contribution in [0.15, 0.2) is 30.3 Å². The minimum atomic E-state index is -0.0594. The van der Waals surface area contributed by atoms with Crippen molar-refractivity contribution in [1.82, 2.24) is 10.2 Å². The average molecular weight is 421 g/mol. The number of carbonyl (C=O) groups excluding carboxylic acids is 1. The number of amides is 1. The van der Waals surface area contributed by atoms with Crippen molar-refractivity contribution in [3.8, 4) is 17.2 Å². The largest absolute Gasteiger partial charge is 0.497 e. The van der Waals surface area contributed by atoms with E-state index in [-0.39, 0.29) is 11.9 Å². The second-order valence-electron chi connectivity index (χ2n) is 8.41. The van der Waals surface area contributed by atoms with Crippen molar-refractivity contribution in [1.29, 1.82) is 0 Å². The maximum absolute atomic E-state index is 12.2. The molecule has 0 unspecified atom stereocenters. The minimum Gasteiger partial charge on any atom is -0.497 e. The molecule has 162 valence electrons. The average Bonchev–Trinajstić information content (AvgIpc) is 3.26. The van der Waals surface area contributed by atoms with Crippen LogP contribution < -0.4 is 19.5 Å². The fraction of sp³-hybridized carbons (Fsp3) is 0.400. The fourth-order valence-electron chi connectivity index (χ4n) is 5.50. The highest BCUT2D eigenvalue weighted by atomic mass is 16.5.